The number of alkyl halides is 2. The van der Waals surface area contributed by atoms with Crippen LogP contribution >= 0.6 is 23.2 Å². The zero-order chi connectivity index (χ0) is 13.9. The molecular formula is C13H22Cl2O3S. The summed E-state index contributed by atoms with van der Waals surface area (Å²) in [6, 6.07) is 0. The van der Waals surface area contributed by atoms with Crippen LogP contribution in [0.4, 0.5) is 0 Å². The van der Waals surface area contributed by atoms with E-state index in [0.717, 1.165) is 32.5 Å². The van der Waals surface area contributed by atoms with Crippen molar-refractivity contribution in [2.75, 3.05) is 36.5 Å². The van der Waals surface area contributed by atoms with E-state index in [0.29, 0.717) is 29.9 Å². The zero-order valence-electron chi connectivity index (χ0n) is 11.1. The van der Waals surface area contributed by atoms with E-state index in [1.165, 1.54) is 0 Å². The van der Waals surface area contributed by atoms with Gasteiger partial charge in [-0.3, -0.25) is 0 Å². The van der Waals surface area contributed by atoms with Crippen LogP contribution in [-0.2, 0) is 14.6 Å². The first-order chi connectivity index (χ1) is 9.01. The Bertz CT molecular complexity index is 387. The predicted molar refractivity (Wildman–Crippen MR) is 78.8 cm³/mol. The number of hydrogen-bond donors (Lipinski definition) is 0. The molecule has 0 N–H and O–H groups in total. The van der Waals surface area contributed by atoms with E-state index in [-0.39, 0.29) is 17.1 Å². The standard InChI is InChI=1S/C13H22Cl2O3S/c14-9-13(10-15,7-11-1-4-18-5-2-11)12-3-6-19(16,17)8-12/h11-12H,1-10H2. The molecule has 3 nitrogen and oxygen atoms in total. The molecule has 6 heteroatoms. The molecule has 0 amide bonds. The van der Waals surface area contributed by atoms with E-state index in [4.69, 9.17) is 27.9 Å². The number of halogens is 2. The van der Waals surface area contributed by atoms with E-state index >= 15 is 0 Å². The van der Waals surface area contributed by atoms with Gasteiger partial charge in [0.1, 0.15) is 0 Å². The molecule has 0 bridgehead atoms. The van der Waals surface area contributed by atoms with Gasteiger partial charge in [-0.1, -0.05) is 0 Å². The van der Waals surface area contributed by atoms with Crippen molar-refractivity contribution < 1.29 is 13.2 Å². The highest BCUT2D eigenvalue weighted by atomic mass is 35.5. The lowest BCUT2D eigenvalue weighted by molar-refractivity contribution is 0.0447. The highest BCUT2D eigenvalue weighted by Gasteiger charge is 2.44. The molecule has 0 saturated carbocycles. The van der Waals surface area contributed by atoms with Crippen molar-refractivity contribution in [2.24, 2.45) is 17.3 Å². The fourth-order valence-electron chi connectivity index (χ4n) is 3.33. The topological polar surface area (TPSA) is 43.4 Å². The summed E-state index contributed by atoms with van der Waals surface area (Å²) in [5.41, 5.74) is -0.227. The van der Waals surface area contributed by atoms with Gasteiger partial charge in [0.15, 0.2) is 9.84 Å². The van der Waals surface area contributed by atoms with Crippen molar-refractivity contribution in [3.63, 3.8) is 0 Å². The Balaban J connectivity index is 2.08. The van der Waals surface area contributed by atoms with Gasteiger partial charge in [-0.25, -0.2) is 8.42 Å². The molecule has 0 radical (unpaired) electrons. The lowest BCUT2D eigenvalue weighted by Gasteiger charge is -2.39. The minimum atomic E-state index is -2.88. The average Bonchev–Trinajstić information content (AvgIpc) is 2.78. The summed E-state index contributed by atoms with van der Waals surface area (Å²) in [6.45, 7) is 1.60. The summed E-state index contributed by atoms with van der Waals surface area (Å²) in [6.07, 6.45) is 3.72. The Morgan fingerprint density at radius 1 is 1.11 bits per heavy atom. The Labute approximate surface area is 125 Å². The molecule has 2 heterocycles. The third kappa shape index (κ3) is 3.78. The van der Waals surface area contributed by atoms with Gasteiger partial charge in [-0.05, 0) is 37.5 Å². The maximum absolute atomic E-state index is 11.7. The maximum Gasteiger partial charge on any atom is 0.150 e. The van der Waals surface area contributed by atoms with Gasteiger partial charge in [0.05, 0.1) is 11.5 Å². The molecule has 0 spiro atoms. The molecule has 19 heavy (non-hydrogen) atoms. The third-order valence-corrected chi connectivity index (χ3v) is 7.50. The van der Waals surface area contributed by atoms with Crippen LogP contribution in [0.2, 0.25) is 0 Å². The van der Waals surface area contributed by atoms with E-state index in [1.54, 1.807) is 0 Å². The fourth-order valence-corrected chi connectivity index (χ4v) is 6.22. The molecule has 1 atom stereocenters. The summed E-state index contributed by atoms with van der Waals surface area (Å²) >= 11 is 12.4. The van der Waals surface area contributed by atoms with Gasteiger partial charge in [0.25, 0.3) is 0 Å². The Morgan fingerprint density at radius 2 is 1.74 bits per heavy atom. The van der Waals surface area contributed by atoms with E-state index in [9.17, 15) is 8.42 Å². The summed E-state index contributed by atoms with van der Waals surface area (Å²) in [5, 5.41) is 0. The third-order valence-electron chi connectivity index (χ3n) is 4.67. The van der Waals surface area contributed by atoms with Crippen LogP contribution in [0.5, 0.6) is 0 Å². The monoisotopic (exact) mass is 328 g/mol. The molecule has 2 fully saturated rings. The molecular weight excluding hydrogens is 307 g/mol. The quantitative estimate of drug-likeness (QED) is 0.729. The van der Waals surface area contributed by atoms with E-state index in [1.807, 2.05) is 0 Å². The van der Waals surface area contributed by atoms with Crippen LogP contribution in [0.15, 0.2) is 0 Å². The minimum absolute atomic E-state index is 0.121. The summed E-state index contributed by atoms with van der Waals surface area (Å²) in [4.78, 5) is 0. The molecule has 1 unspecified atom stereocenters. The van der Waals surface area contributed by atoms with Gasteiger partial charge in [-0.15, -0.1) is 23.2 Å². The molecule has 0 aromatic heterocycles. The molecule has 2 aliphatic rings. The normalized spacial score (nSPS) is 28.6. The maximum atomic E-state index is 11.7. The van der Waals surface area contributed by atoms with Crippen molar-refractivity contribution in [1.82, 2.24) is 0 Å². The second kappa shape index (κ2) is 6.50. The van der Waals surface area contributed by atoms with Crippen molar-refractivity contribution in [1.29, 1.82) is 0 Å². The zero-order valence-corrected chi connectivity index (χ0v) is 13.4. The number of sulfone groups is 1. The molecule has 2 rings (SSSR count). The van der Waals surface area contributed by atoms with Crippen molar-refractivity contribution in [3.8, 4) is 0 Å². The first kappa shape index (κ1) is 15.9. The Hall–Kier alpha value is 0.490. The first-order valence-electron chi connectivity index (χ1n) is 6.91. The minimum Gasteiger partial charge on any atom is -0.381 e. The fraction of sp³-hybridized carbons (Fsp3) is 1.00. The lowest BCUT2D eigenvalue weighted by atomic mass is 9.71. The second-order valence-electron chi connectivity index (χ2n) is 5.99. The van der Waals surface area contributed by atoms with Crippen LogP contribution in [0.3, 0.4) is 0 Å². The van der Waals surface area contributed by atoms with Gasteiger partial charge in [-0.2, -0.15) is 0 Å². The van der Waals surface area contributed by atoms with Crippen molar-refractivity contribution >= 4 is 33.0 Å². The smallest absolute Gasteiger partial charge is 0.150 e. The lowest BCUT2D eigenvalue weighted by Crippen LogP contribution is -2.38. The highest BCUT2D eigenvalue weighted by molar-refractivity contribution is 7.91. The number of ether oxygens (including phenoxy) is 1. The predicted octanol–water partition coefficient (Wildman–Crippen LogP) is 2.70. The molecule has 0 aromatic carbocycles. The highest BCUT2D eigenvalue weighted by Crippen LogP contribution is 2.44. The van der Waals surface area contributed by atoms with Gasteiger partial charge < -0.3 is 4.74 Å². The molecule has 2 aliphatic heterocycles. The van der Waals surface area contributed by atoms with Crippen LogP contribution in [0, 0.1) is 17.3 Å². The van der Waals surface area contributed by atoms with Crippen molar-refractivity contribution in [2.45, 2.75) is 25.7 Å². The summed E-state index contributed by atoms with van der Waals surface area (Å²) < 4.78 is 28.8. The number of hydrogen-bond acceptors (Lipinski definition) is 3. The summed E-state index contributed by atoms with van der Waals surface area (Å²) in [5.74, 6) is 2.14. The van der Waals surface area contributed by atoms with Crippen LogP contribution < -0.4 is 0 Å². The van der Waals surface area contributed by atoms with Crippen LogP contribution in [0.1, 0.15) is 25.7 Å². The van der Waals surface area contributed by atoms with Crippen molar-refractivity contribution in [3.05, 3.63) is 0 Å². The molecule has 0 aliphatic carbocycles. The summed E-state index contributed by atoms with van der Waals surface area (Å²) in [7, 11) is -2.88. The van der Waals surface area contributed by atoms with Crippen LogP contribution in [0.25, 0.3) is 0 Å². The van der Waals surface area contributed by atoms with E-state index in [2.05, 4.69) is 0 Å². The molecule has 112 valence electrons. The van der Waals surface area contributed by atoms with Gasteiger partial charge >= 0.3 is 0 Å². The Morgan fingerprint density at radius 3 is 2.21 bits per heavy atom. The molecule has 2 saturated heterocycles. The molecule has 0 aromatic rings. The first-order valence-corrected chi connectivity index (χ1v) is 9.80. The van der Waals surface area contributed by atoms with Gasteiger partial charge in [0, 0.05) is 30.4 Å². The number of rotatable bonds is 5. The SMILES string of the molecule is O=S1(=O)CCC(C(CCl)(CCl)CC2CCOCC2)C1. The largest absolute Gasteiger partial charge is 0.381 e. The van der Waals surface area contributed by atoms with Crippen LogP contribution in [-0.4, -0.2) is 44.9 Å². The Kier molecular flexibility index (Phi) is 5.43. The average molecular weight is 329 g/mol. The van der Waals surface area contributed by atoms with Gasteiger partial charge in [0.2, 0.25) is 0 Å². The van der Waals surface area contributed by atoms with E-state index < -0.39 is 9.84 Å². The second-order valence-corrected chi connectivity index (χ2v) is 8.75.